The molecule has 1 saturated heterocycles. The van der Waals surface area contributed by atoms with Crippen LogP contribution in [0.5, 0.6) is 0 Å². The van der Waals surface area contributed by atoms with Crippen LogP contribution in [0.25, 0.3) is 0 Å². The minimum atomic E-state index is 0.144. The fourth-order valence-corrected chi connectivity index (χ4v) is 4.14. The van der Waals surface area contributed by atoms with Crippen molar-refractivity contribution in [3.63, 3.8) is 0 Å². The topological polar surface area (TPSA) is 49.3 Å². The highest BCUT2D eigenvalue weighted by molar-refractivity contribution is 5.97. The van der Waals surface area contributed by atoms with E-state index in [1.54, 1.807) is 6.20 Å². The molecule has 1 amide bonds. The Morgan fingerprint density at radius 1 is 1.09 bits per heavy atom. The van der Waals surface area contributed by atoms with Crippen LogP contribution in [0, 0.1) is 5.92 Å². The Labute approximate surface area is 138 Å². The summed E-state index contributed by atoms with van der Waals surface area (Å²) in [5.74, 6) is 1.75. The van der Waals surface area contributed by atoms with E-state index >= 15 is 0 Å². The molecule has 5 heteroatoms. The Morgan fingerprint density at radius 3 is 2.57 bits per heavy atom. The van der Waals surface area contributed by atoms with E-state index in [2.05, 4.69) is 16.8 Å². The summed E-state index contributed by atoms with van der Waals surface area (Å²) >= 11 is 0. The second-order valence-corrected chi connectivity index (χ2v) is 7.42. The molecule has 0 bridgehead atoms. The molecule has 3 aliphatic rings. The van der Waals surface area contributed by atoms with Gasteiger partial charge in [-0.2, -0.15) is 0 Å². The van der Waals surface area contributed by atoms with Crippen molar-refractivity contribution in [3.05, 3.63) is 17.5 Å². The number of hydrogen-bond acceptors (Lipinski definition) is 4. The van der Waals surface area contributed by atoms with Crippen LogP contribution in [-0.2, 0) is 6.54 Å². The van der Waals surface area contributed by atoms with Crippen molar-refractivity contribution in [1.29, 1.82) is 0 Å². The Hall–Kier alpha value is -1.65. The number of hydrogen-bond donors (Lipinski definition) is 0. The lowest BCUT2D eigenvalue weighted by Gasteiger charge is -2.30. The highest BCUT2D eigenvalue weighted by Gasteiger charge is 2.35. The molecular formula is C18H26N4O. The predicted octanol–water partition coefficient (Wildman–Crippen LogP) is 3.00. The summed E-state index contributed by atoms with van der Waals surface area (Å²) in [6, 6.07) is 0.407. The molecule has 23 heavy (non-hydrogen) atoms. The highest BCUT2D eigenvalue weighted by Crippen LogP contribution is 2.31. The first-order valence-electron chi connectivity index (χ1n) is 9.14. The molecule has 1 aromatic heterocycles. The van der Waals surface area contributed by atoms with Gasteiger partial charge in [0.1, 0.15) is 0 Å². The van der Waals surface area contributed by atoms with Crippen molar-refractivity contribution >= 4 is 11.9 Å². The summed E-state index contributed by atoms with van der Waals surface area (Å²) in [5, 5.41) is 0. The van der Waals surface area contributed by atoms with Gasteiger partial charge in [0.2, 0.25) is 5.95 Å². The molecule has 1 aromatic rings. The van der Waals surface area contributed by atoms with E-state index in [9.17, 15) is 4.79 Å². The van der Waals surface area contributed by atoms with Gasteiger partial charge in [-0.1, -0.05) is 26.2 Å². The summed E-state index contributed by atoms with van der Waals surface area (Å²) in [4.78, 5) is 26.2. The largest absolute Gasteiger partial charge is 0.341 e. The molecule has 2 fully saturated rings. The van der Waals surface area contributed by atoms with Gasteiger partial charge in [-0.25, -0.2) is 9.97 Å². The summed E-state index contributed by atoms with van der Waals surface area (Å²) < 4.78 is 0. The second kappa shape index (κ2) is 6.10. The third kappa shape index (κ3) is 2.81. The molecule has 0 spiro atoms. The average molecular weight is 314 g/mol. The van der Waals surface area contributed by atoms with Crippen LogP contribution < -0.4 is 4.90 Å². The van der Waals surface area contributed by atoms with E-state index in [1.807, 2.05) is 4.90 Å². The van der Waals surface area contributed by atoms with Gasteiger partial charge >= 0.3 is 0 Å². The van der Waals surface area contributed by atoms with Crippen molar-refractivity contribution in [3.8, 4) is 0 Å². The molecule has 3 heterocycles. The number of carbonyl (C=O) groups is 1. The Balaban J connectivity index is 1.51. The van der Waals surface area contributed by atoms with E-state index in [0.717, 1.165) is 49.1 Å². The Kier molecular flexibility index (Phi) is 3.95. The first-order chi connectivity index (χ1) is 11.2. The fraction of sp³-hybridized carbons (Fsp3) is 0.722. The summed E-state index contributed by atoms with van der Waals surface area (Å²) in [6.45, 7) is 5.04. The average Bonchev–Trinajstić information content (AvgIpc) is 2.93. The summed E-state index contributed by atoms with van der Waals surface area (Å²) in [5.41, 5.74) is 1.66. The third-order valence-electron chi connectivity index (χ3n) is 5.75. The van der Waals surface area contributed by atoms with Crippen LogP contribution in [0.1, 0.15) is 67.9 Å². The zero-order valence-electron chi connectivity index (χ0n) is 14.0. The molecule has 0 N–H and O–H groups in total. The van der Waals surface area contributed by atoms with Gasteiger partial charge in [-0.05, 0) is 31.6 Å². The number of amides is 1. The van der Waals surface area contributed by atoms with Crippen molar-refractivity contribution in [2.45, 2.75) is 64.5 Å². The molecule has 1 aliphatic carbocycles. The van der Waals surface area contributed by atoms with E-state index in [-0.39, 0.29) is 5.91 Å². The van der Waals surface area contributed by atoms with Crippen molar-refractivity contribution in [2.24, 2.45) is 5.92 Å². The van der Waals surface area contributed by atoms with E-state index in [1.165, 1.54) is 32.1 Å². The SMILES string of the molecule is CC1CCN(c2ncc3c(n2)CN(C2CCCCC2)C3=O)CC1. The van der Waals surface area contributed by atoms with Crippen LogP contribution in [-0.4, -0.2) is 39.9 Å². The molecular weight excluding hydrogens is 288 g/mol. The molecule has 0 unspecified atom stereocenters. The first-order valence-corrected chi connectivity index (χ1v) is 9.14. The molecule has 0 aromatic carbocycles. The number of rotatable bonds is 2. The molecule has 4 rings (SSSR count). The lowest BCUT2D eigenvalue weighted by atomic mass is 9.94. The first kappa shape index (κ1) is 14.9. The van der Waals surface area contributed by atoms with Gasteiger partial charge in [0.25, 0.3) is 5.91 Å². The van der Waals surface area contributed by atoms with Crippen molar-refractivity contribution in [2.75, 3.05) is 18.0 Å². The van der Waals surface area contributed by atoms with E-state index < -0.39 is 0 Å². The Morgan fingerprint density at radius 2 is 1.83 bits per heavy atom. The molecule has 2 aliphatic heterocycles. The Bertz CT molecular complexity index is 589. The van der Waals surface area contributed by atoms with Gasteiger partial charge < -0.3 is 9.80 Å². The minimum Gasteiger partial charge on any atom is -0.341 e. The van der Waals surface area contributed by atoms with Crippen LogP contribution in [0.2, 0.25) is 0 Å². The van der Waals surface area contributed by atoms with Crippen molar-refractivity contribution < 1.29 is 4.79 Å². The van der Waals surface area contributed by atoms with Crippen LogP contribution in [0.15, 0.2) is 6.20 Å². The number of anilines is 1. The third-order valence-corrected chi connectivity index (χ3v) is 5.75. The minimum absolute atomic E-state index is 0.144. The van der Waals surface area contributed by atoms with Gasteiger partial charge in [0.15, 0.2) is 0 Å². The number of aromatic nitrogens is 2. The monoisotopic (exact) mass is 314 g/mol. The van der Waals surface area contributed by atoms with Gasteiger partial charge in [0, 0.05) is 25.3 Å². The number of nitrogens with zero attached hydrogens (tertiary/aromatic N) is 4. The zero-order chi connectivity index (χ0) is 15.8. The maximum Gasteiger partial charge on any atom is 0.257 e. The number of fused-ring (bicyclic) bond motifs is 1. The molecule has 5 nitrogen and oxygen atoms in total. The molecule has 0 radical (unpaired) electrons. The smallest absolute Gasteiger partial charge is 0.257 e. The van der Waals surface area contributed by atoms with Gasteiger partial charge in [0.05, 0.1) is 17.8 Å². The summed E-state index contributed by atoms with van der Waals surface area (Å²) in [7, 11) is 0. The van der Waals surface area contributed by atoms with Crippen LogP contribution in [0.4, 0.5) is 5.95 Å². The van der Waals surface area contributed by atoms with Crippen molar-refractivity contribution in [1.82, 2.24) is 14.9 Å². The standard InChI is InChI=1S/C18H26N4O/c1-13-7-9-21(10-8-13)18-19-11-15-16(20-18)12-22(17(15)23)14-5-3-2-4-6-14/h11,13-14H,2-10,12H2,1H3. The van der Waals surface area contributed by atoms with Crippen LogP contribution >= 0.6 is 0 Å². The van der Waals surface area contributed by atoms with E-state index in [4.69, 9.17) is 4.98 Å². The van der Waals surface area contributed by atoms with E-state index in [0.29, 0.717) is 12.6 Å². The number of piperidine rings is 1. The quantitative estimate of drug-likeness (QED) is 0.842. The maximum atomic E-state index is 12.7. The fourth-order valence-electron chi connectivity index (χ4n) is 4.14. The molecule has 124 valence electrons. The van der Waals surface area contributed by atoms with Gasteiger partial charge in [-0.15, -0.1) is 0 Å². The zero-order valence-corrected chi connectivity index (χ0v) is 14.0. The number of carbonyl (C=O) groups excluding carboxylic acids is 1. The molecule has 0 atom stereocenters. The van der Waals surface area contributed by atoms with Gasteiger partial charge in [-0.3, -0.25) is 4.79 Å². The second-order valence-electron chi connectivity index (χ2n) is 7.42. The summed E-state index contributed by atoms with van der Waals surface area (Å²) in [6.07, 6.45) is 10.3. The maximum absolute atomic E-state index is 12.7. The lowest BCUT2D eigenvalue weighted by Crippen LogP contribution is -2.36. The lowest BCUT2D eigenvalue weighted by molar-refractivity contribution is 0.0659. The van der Waals surface area contributed by atoms with Crippen LogP contribution in [0.3, 0.4) is 0 Å². The predicted molar refractivity (Wildman–Crippen MR) is 89.4 cm³/mol. The molecule has 1 saturated carbocycles. The normalized spacial score (nSPS) is 23.4. The highest BCUT2D eigenvalue weighted by atomic mass is 16.2.